The SMILES string of the molecule is Cc1cccc(N2CC(C(=O)Nc3ccc(S(=O)(=O)Nc4c(C)cccc4C)cc3)CC2=O)c1C. The lowest BCUT2D eigenvalue weighted by molar-refractivity contribution is -0.122. The third-order valence-corrected chi connectivity index (χ3v) is 7.88. The Morgan fingerprint density at radius 2 is 1.49 bits per heavy atom. The molecule has 0 aliphatic carbocycles. The first kappa shape index (κ1) is 24.5. The maximum Gasteiger partial charge on any atom is 0.261 e. The second-order valence-corrected chi connectivity index (χ2v) is 10.7. The molecular weight excluding hydrogens is 462 g/mol. The molecule has 0 bridgehead atoms. The van der Waals surface area contributed by atoms with Crippen LogP contribution in [0.3, 0.4) is 0 Å². The zero-order valence-corrected chi connectivity index (χ0v) is 21.1. The summed E-state index contributed by atoms with van der Waals surface area (Å²) in [6, 6.07) is 17.4. The van der Waals surface area contributed by atoms with Crippen LogP contribution in [0.1, 0.15) is 28.7 Å². The maximum absolute atomic E-state index is 12.9. The summed E-state index contributed by atoms with van der Waals surface area (Å²) in [6.07, 6.45) is 0.130. The molecule has 7 nitrogen and oxygen atoms in total. The number of hydrogen-bond acceptors (Lipinski definition) is 4. The molecule has 1 saturated heterocycles. The Kier molecular flexibility index (Phi) is 6.67. The average molecular weight is 492 g/mol. The third kappa shape index (κ3) is 5.07. The van der Waals surface area contributed by atoms with Crippen molar-refractivity contribution in [3.8, 4) is 0 Å². The number of anilines is 3. The van der Waals surface area contributed by atoms with Crippen molar-refractivity contribution in [3.63, 3.8) is 0 Å². The van der Waals surface area contributed by atoms with E-state index in [9.17, 15) is 18.0 Å². The minimum absolute atomic E-state index is 0.0853. The molecule has 1 atom stereocenters. The topological polar surface area (TPSA) is 95.6 Å². The highest BCUT2D eigenvalue weighted by Crippen LogP contribution is 2.30. The number of benzene rings is 3. The van der Waals surface area contributed by atoms with Gasteiger partial charge in [-0.25, -0.2) is 8.42 Å². The van der Waals surface area contributed by atoms with Gasteiger partial charge in [0.05, 0.1) is 16.5 Å². The van der Waals surface area contributed by atoms with Crippen LogP contribution in [0.5, 0.6) is 0 Å². The molecule has 1 fully saturated rings. The van der Waals surface area contributed by atoms with Crippen LogP contribution in [0.25, 0.3) is 0 Å². The van der Waals surface area contributed by atoms with Crippen molar-refractivity contribution in [2.45, 2.75) is 39.0 Å². The number of aryl methyl sites for hydroxylation is 3. The molecule has 0 saturated carbocycles. The first-order chi connectivity index (χ1) is 16.6. The second kappa shape index (κ2) is 9.54. The summed E-state index contributed by atoms with van der Waals surface area (Å²) >= 11 is 0. The van der Waals surface area contributed by atoms with Gasteiger partial charge in [-0.3, -0.25) is 14.3 Å². The van der Waals surface area contributed by atoms with Crippen molar-refractivity contribution in [2.24, 2.45) is 5.92 Å². The molecule has 35 heavy (non-hydrogen) atoms. The van der Waals surface area contributed by atoms with E-state index in [0.717, 1.165) is 27.9 Å². The summed E-state index contributed by atoms with van der Waals surface area (Å²) in [5.41, 5.74) is 5.63. The largest absolute Gasteiger partial charge is 0.326 e. The smallest absolute Gasteiger partial charge is 0.261 e. The minimum atomic E-state index is -3.79. The monoisotopic (exact) mass is 491 g/mol. The lowest BCUT2D eigenvalue weighted by atomic mass is 10.1. The third-order valence-electron chi connectivity index (χ3n) is 6.51. The van der Waals surface area contributed by atoms with Gasteiger partial charge in [0.1, 0.15) is 0 Å². The molecule has 8 heteroatoms. The van der Waals surface area contributed by atoms with Crippen molar-refractivity contribution in [2.75, 3.05) is 21.5 Å². The maximum atomic E-state index is 12.9. The standard InChI is InChI=1S/C27H29N3O4S/c1-17-7-6-10-24(20(17)4)30-16-21(15-25(30)31)27(32)28-22-11-13-23(14-12-22)35(33,34)29-26-18(2)8-5-9-19(26)3/h5-14,21,29H,15-16H2,1-4H3,(H,28,32). The van der Waals surface area contributed by atoms with Gasteiger partial charge < -0.3 is 10.2 Å². The van der Waals surface area contributed by atoms with Crippen LogP contribution in [-0.4, -0.2) is 26.8 Å². The Labute approximate surface area is 206 Å². The van der Waals surface area contributed by atoms with Crippen molar-refractivity contribution in [1.82, 2.24) is 0 Å². The number of nitrogens with one attached hydrogen (secondary N) is 2. The quantitative estimate of drug-likeness (QED) is 0.522. The Bertz CT molecular complexity index is 1380. The number of carbonyl (C=O) groups is 2. The fraction of sp³-hybridized carbons (Fsp3) is 0.259. The van der Waals surface area contributed by atoms with E-state index in [1.54, 1.807) is 17.0 Å². The van der Waals surface area contributed by atoms with Gasteiger partial charge in [0, 0.05) is 24.3 Å². The van der Waals surface area contributed by atoms with E-state index in [-0.39, 0.29) is 23.1 Å². The predicted octanol–water partition coefficient (Wildman–Crippen LogP) is 4.71. The van der Waals surface area contributed by atoms with Crippen LogP contribution >= 0.6 is 0 Å². The first-order valence-corrected chi connectivity index (χ1v) is 12.9. The number of nitrogens with zero attached hydrogens (tertiary/aromatic N) is 1. The number of amides is 2. The molecule has 1 heterocycles. The first-order valence-electron chi connectivity index (χ1n) is 11.4. The van der Waals surface area contributed by atoms with E-state index in [0.29, 0.717) is 17.9 Å². The molecule has 182 valence electrons. The van der Waals surface area contributed by atoms with Crippen molar-refractivity contribution in [1.29, 1.82) is 0 Å². The zero-order chi connectivity index (χ0) is 25.3. The van der Waals surface area contributed by atoms with Crippen LogP contribution in [0.15, 0.2) is 65.6 Å². The van der Waals surface area contributed by atoms with Gasteiger partial charge in [-0.15, -0.1) is 0 Å². The number of carbonyl (C=O) groups excluding carboxylic acids is 2. The molecule has 0 aromatic heterocycles. The highest BCUT2D eigenvalue weighted by atomic mass is 32.2. The summed E-state index contributed by atoms with van der Waals surface area (Å²) in [5, 5.41) is 2.82. The normalized spacial score (nSPS) is 15.8. The van der Waals surface area contributed by atoms with Crippen LogP contribution in [-0.2, 0) is 19.6 Å². The van der Waals surface area contributed by atoms with E-state index < -0.39 is 15.9 Å². The number of hydrogen-bond donors (Lipinski definition) is 2. The number of para-hydroxylation sites is 1. The Hall–Kier alpha value is -3.65. The zero-order valence-electron chi connectivity index (χ0n) is 20.3. The molecule has 3 aromatic carbocycles. The highest BCUT2D eigenvalue weighted by molar-refractivity contribution is 7.92. The molecular formula is C27H29N3O4S. The highest BCUT2D eigenvalue weighted by Gasteiger charge is 2.35. The van der Waals surface area contributed by atoms with Gasteiger partial charge in [-0.2, -0.15) is 0 Å². The fourth-order valence-electron chi connectivity index (χ4n) is 4.27. The molecule has 3 aromatic rings. The molecule has 0 spiro atoms. The van der Waals surface area contributed by atoms with Crippen LogP contribution in [0, 0.1) is 33.6 Å². The lowest BCUT2D eigenvalue weighted by Crippen LogP contribution is -2.28. The number of sulfonamides is 1. The van der Waals surface area contributed by atoms with Crippen molar-refractivity contribution in [3.05, 3.63) is 82.9 Å². The minimum Gasteiger partial charge on any atom is -0.326 e. The Morgan fingerprint density at radius 1 is 0.886 bits per heavy atom. The molecule has 1 unspecified atom stereocenters. The van der Waals surface area contributed by atoms with E-state index in [1.165, 1.54) is 12.1 Å². The molecule has 1 aliphatic rings. The molecule has 2 amide bonds. The van der Waals surface area contributed by atoms with Gasteiger partial charge >= 0.3 is 0 Å². The number of rotatable bonds is 6. The Morgan fingerprint density at radius 3 is 2.14 bits per heavy atom. The molecule has 1 aliphatic heterocycles. The van der Waals surface area contributed by atoms with Crippen LogP contribution in [0.4, 0.5) is 17.1 Å². The molecule has 4 rings (SSSR count). The summed E-state index contributed by atoms with van der Waals surface area (Å²) in [6.45, 7) is 7.96. The summed E-state index contributed by atoms with van der Waals surface area (Å²) in [4.78, 5) is 27.3. The predicted molar refractivity (Wildman–Crippen MR) is 138 cm³/mol. The van der Waals surface area contributed by atoms with E-state index in [4.69, 9.17) is 0 Å². The van der Waals surface area contributed by atoms with E-state index in [1.807, 2.05) is 64.1 Å². The van der Waals surface area contributed by atoms with Crippen molar-refractivity contribution >= 4 is 38.9 Å². The summed E-state index contributed by atoms with van der Waals surface area (Å²) in [5.74, 6) is -0.843. The van der Waals surface area contributed by atoms with Crippen molar-refractivity contribution < 1.29 is 18.0 Å². The Balaban J connectivity index is 1.44. The summed E-state index contributed by atoms with van der Waals surface area (Å²) in [7, 11) is -3.79. The summed E-state index contributed by atoms with van der Waals surface area (Å²) < 4.78 is 28.4. The molecule has 0 radical (unpaired) electrons. The second-order valence-electron chi connectivity index (χ2n) is 9.01. The lowest BCUT2D eigenvalue weighted by Gasteiger charge is -2.20. The van der Waals surface area contributed by atoms with Gasteiger partial charge in [0.25, 0.3) is 10.0 Å². The van der Waals surface area contributed by atoms with Crippen LogP contribution < -0.4 is 14.9 Å². The van der Waals surface area contributed by atoms with Crippen LogP contribution in [0.2, 0.25) is 0 Å². The van der Waals surface area contributed by atoms with Gasteiger partial charge in [0.15, 0.2) is 0 Å². The van der Waals surface area contributed by atoms with Gasteiger partial charge in [0.2, 0.25) is 11.8 Å². The fourth-order valence-corrected chi connectivity index (χ4v) is 5.48. The van der Waals surface area contributed by atoms with Gasteiger partial charge in [-0.05, 0) is 80.3 Å². The average Bonchev–Trinajstić information content (AvgIpc) is 3.20. The molecule has 2 N–H and O–H groups in total. The van der Waals surface area contributed by atoms with E-state index in [2.05, 4.69) is 10.0 Å². The van der Waals surface area contributed by atoms with E-state index >= 15 is 0 Å². The van der Waals surface area contributed by atoms with Gasteiger partial charge in [-0.1, -0.05) is 30.3 Å².